The summed E-state index contributed by atoms with van der Waals surface area (Å²) in [6, 6.07) is 7.04. The Morgan fingerprint density at radius 3 is 2.48 bits per heavy atom. The van der Waals surface area contributed by atoms with Crippen LogP contribution in [-0.4, -0.2) is 68.2 Å². The Morgan fingerprint density at radius 1 is 1.15 bits per heavy atom. The van der Waals surface area contributed by atoms with Crippen LogP contribution in [0.2, 0.25) is 5.02 Å². The fourth-order valence-electron chi connectivity index (χ4n) is 3.03. The lowest BCUT2D eigenvalue weighted by Gasteiger charge is -2.35. The van der Waals surface area contributed by atoms with Crippen LogP contribution in [0.15, 0.2) is 24.3 Å². The van der Waals surface area contributed by atoms with Crippen molar-refractivity contribution in [3.8, 4) is 5.75 Å². The summed E-state index contributed by atoms with van der Waals surface area (Å²) >= 11 is 6.06. The number of hydrogen-bond donors (Lipinski definition) is 0. The number of aryl methyl sites for hydroxylation is 1. The molecule has 1 aliphatic rings. The lowest BCUT2D eigenvalue weighted by molar-refractivity contribution is 0.0743. The van der Waals surface area contributed by atoms with Crippen LogP contribution in [0, 0.1) is 6.92 Å². The molecule has 7 nitrogen and oxygen atoms in total. The summed E-state index contributed by atoms with van der Waals surface area (Å²) in [4.78, 5) is 28.0. The SMILES string of the molecule is COc1ccc(Cl)cc1C(=O)N1CCN(c2nc(C)cc(N(C)C)n2)CC1. The Hall–Kier alpha value is -2.54. The van der Waals surface area contributed by atoms with Crippen molar-refractivity contribution < 1.29 is 9.53 Å². The molecule has 2 heterocycles. The van der Waals surface area contributed by atoms with Crippen LogP contribution in [0.1, 0.15) is 16.1 Å². The summed E-state index contributed by atoms with van der Waals surface area (Å²) in [7, 11) is 5.47. The second-order valence-corrected chi connectivity index (χ2v) is 7.12. The molecule has 1 fully saturated rings. The molecule has 1 saturated heterocycles. The van der Waals surface area contributed by atoms with E-state index in [2.05, 4.69) is 14.9 Å². The molecular formula is C19H24ClN5O2. The first-order chi connectivity index (χ1) is 12.9. The van der Waals surface area contributed by atoms with Gasteiger partial charge in [-0.2, -0.15) is 4.98 Å². The monoisotopic (exact) mass is 389 g/mol. The Kier molecular flexibility index (Phi) is 5.70. The maximum absolute atomic E-state index is 12.9. The van der Waals surface area contributed by atoms with Gasteiger partial charge in [0.1, 0.15) is 11.6 Å². The van der Waals surface area contributed by atoms with Crippen LogP contribution < -0.4 is 14.5 Å². The molecule has 3 rings (SSSR count). The third kappa shape index (κ3) is 4.24. The number of ether oxygens (including phenoxy) is 1. The third-order valence-electron chi connectivity index (χ3n) is 4.53. The van der Waals surface area contributed by atoms with E-state index in [1.165, 1.54) is 0 Å². The van der Waals surface area contributed by atoms with Crippen molar-refractivity contribution in [3.05, 3.63) is 40.5 Å². The van der Waals surface area contributed by atoms with Crippen molar-refractivity contribution in [2.24, 2.45) is 0 Å². The van der Waals surface area contributed by atoms with Crippen molar-refractivity contribution in [2.45, 2.75) is 6.92 Å². The standard InChI is InChI=1S/C19H24ClN5O2/c1-13-11-17(23(2)3)22-19(21-13)25-9-7-24(8-10-25)18(26)15-12-14(20)5-6-16(15)27-4/h5-6,11-12H,7-10H2,1-4H3. The van der Waals surface area contributed by atoms with E-state index >= 15 is 0 Å². The second kappa shape index (κ2) is 8.00. The van der Waals surface area contributed by atoms with Gasteiger partial charge in [-0.1, -0.05) is 11.6 Å². The first kappa shape index (κ1) is 19.2. The van der Waals surface area contributed by atoms with Crippen molar-refractivity contribution in [1.82, 2.24) is 14.9 Å². The number of aromatic nitrogens is 2. The van der Waals surface area contributed by atoms with E-state index in [0.717, 1.165) is 11.5 Å². The number of nitrogens with zero attached hydrogens (tertiary/aromatic N) is 5. The minimum absolute atomic E-state index is 0.0758. The Balaban J connectivity index is 1.72. The molecule has 0 spiro atoms. The molecule has 1 aromatic carbocycles. The number of benzene rings is 1. The van der Waals surface area contributed by atoms with Gasteiger partial charge in [-0.05, 0) is 25.1 Å². The highest BCUT2D eigenvalue weighted by Gasteiger charge is 2.26. The van der Waals surface area contributed by atoms with E-state index in [0.29, 0.717) is 48.5 Å². The van der Waals surface area contributed by atoms with E-state index in [4.69, 9.17) is 16.3 Å². The lowest BCUT2D eigenvalue weighted by atomic mass is 10.1. The molecule has 0 bridgehead atoms. The first-order valence-corrected chi connectivity index (χ1v) is 9.17. The fraction of sp³-hybridized carbons (Fsp3) is 0.421. The normalized spacial score (nSPS) is 14.3. The average Bonchev–Trinajstić information content (AvgIpc) is 2.67. The van der Waals surface area contributed by atoms with Crippen molar-refractivity contribution in [1.29, 1.82) is 0 Å². The zero-order valence-corrected chi connectivity index (χ0v) is 16.8. The number of carbonyl (C=O) groups is 1. The molecule has 144 valence electrons. The zero-order valence-electron chi connectivity index (χ0n) is 16.1. The maximum Gasteiger partial charge on any atom is 0.257 e. The van der Waals surface area contributed by atoms with Gasteiger partial charge in [0.15, 0.2) is 0 Å². The predicted molar refractivity (Wildman–Crippen MR) is 107 cm³/mol. The average molecular weight is 390 g/mol. The highest BCUT2D eigenvalue weighted by Crippen LogP contribution is 2.25. The number of rotatable bonds is 4. The van der Waals surface area contributed by atoms with Crippen LogP contribution in [0.25, 0.3) is 0 Å². The summed E-state index contributed by atoms with van der Waals surface area (Å²) in [5.74, 6) is 2.03. The number of halogens is 1. The van der Waals surface area contributed by atoms with Gasteiger partial charge in [0.25, 0.3) is 5.91 Å². The second-order valence-electron chi connectivity index (χ2n) is 6.69. The lowest BCUT2D eigenvalue weighted by Crippen LogP contribution is -2.49. The van der Waals surface area contributed by atoms with Gasteiger partial charge >= 0.3 is 0 Å². The van der Waals surface area contributed by atoms with Gasteiger partial charge in [0.05, 0.1) is 12.7 Å². The highest BCUT2D eigenvalue weighted by atomic mass is 35.5. The van der Waals surface area contributed by atoms with Crippen molar-refractivity contribution >= 4 is 29.3 Å². The summed E-state index contributed by atoms with van der Waals surface area (Å²) in [6.45, 7) is 4.48. The van der Waals surface area contributed by atoms with E-state index < -0.39 is 0 Å². The maximum atomic E-state index is 12.9. The quantitative estimate of drug-likeness (QED) is 0.800. The fourth-order valence-corrected chi connectivity index (χ4v) is 3.21. The van der Waals surface area contributed by atoms with Crippen molar-refractivity contribution in [2.75, 3.05) is 57.2 Å². The molecule has 0 unspecified atom stereocenters. The Morgan fingerprint density at radius 2 is 1.85 bits per heavy atom. The number of methoxy groups -OCH3 is 1. The van der Waals surface area contributed by atoms with E-state index in [1.807, 2.05) is 36.9 Å². The van der Waals surface area contributed by atoms with Gasteiger partial charge in [-0.25, -0.2) is 4.98 Å². The molecule has 1 aromatic heterocycles. The molecule has 1 amide bonds. The molecule has 0 N–H and O–H groups in total. The van der Waals surface area contributed by atoms with Crippen molar-refractivity contribution in [3.63, 3.8) is 0 Å². The largest absolute Gasteiger partial charge is 0.496 e. The summed E-state index contributed by atoms with van der Waals surface area (Å²) in [6.07, 6.45) is 0. The van der Waals surface area contributed by atoms with E-state index in [1.54, 1.807) is 25.3 Å². The van der Waals surface area contributed by atoms with E-state index in [9.17, 15) is 4.79 Å². The number of amides is 1. The van der Waals surface area contributed by atoms with Crippen LogP contribution in [0.4, 0.5) is 11.8 Å². The van der Waals surface area contributed by atoms with Gasteiger partial charge in [0.2, 0.25) is 5.95 Å². The molecule has 0 radical (unpaired) electrons. The number of hydrogen-bond acceptors (Lipinski definition) is 6. The number of anilines is 2. The minimum atomic E-state index is -0.0758. The topological polar surface area (TPSA) is 61.8 Å². The summed E-state index contributed by atoms with van der Waals surface area (Å²) in [5, 5.41) is 0.516. The Bertz CT molecular complexity index is 835. The van der Waals surface area contributed by atoms with Gasteiger partial charge in [-0.3, -0.25) is 4.79 Å². The zero-order chi connectivity index (χ0) is 19.6. The van der Waals surface area contributed by atoms with Crippen LogP contribution in [0.5, 0.6) is 5.75 Å². The molecule has 27 heavy (non-hydrogen) atoms. The number of piperazine rings is 1. The van der Waals surface area contributed by atoms with Crippen LogP contribution >= 0.6 is 11.6 Å². The molecular weight excluding hydrogens is 366 g/mol. The molecule has 1 aliphatic heterocycles. The first-order valence-electron chi connectivity index (χ1n) is 8.80. The molecule has 0 atom stereocenters. The minimum Gasteiger partial charge on any atom is -0.496 e. The summed E-state index contributed by atoms with van der Waals surface area (Å²) < 4.78 is 5.31. The Labute approximate surface area is 164 Å². The van der Waals surface area contributed by atoms with Gasteiger partial charge in [0, 0.05) is 57.1 Å². The van der Waals surface area contributed by atoms with Crippen LogP contribution in [-0.2, 0) is 0 Å². The summed E-state index contributed by atoms with van der Waals surface area (Å²) in [5.41, 5.74) is 1.41. The highest BCUT2D eigenvalue weighted by molar-refractivity contribution is 6.31. The molecule has 2 aromatic rings. The van der Waals surface area contributed by atoms with E-state index in [-0.39, 0.29) is 5.91 Å². The molecule has 0 aliphatic carbocycles. The smallest absolute Gasteiger partial charge is 0.257 e. The van der Waals surface area contributed by atoms with Gasteiger partial charge < -0.3 is 19.4 Å². The van der Waals surface area contributed by atoms with Crippen LogP contribution in [0.3, 0.4) is 0 Å². The third-order valence-corrected chi connectivity index (χ3v) is 4.76. The molecule has 8 heteroatoms. The number of carbonyl (C=O) groups excluding carboxylic acids is 1. The molecule has 0 saturated carbocycles. The predicted octanol–water partition coefficient (Wildman–Crippen LogP) is 2.48. The van der Waals surface area contributed by atoms with Gasteiger partial charge in [-0.15, -0.1) is 0 Å².